The minimum absolute atomic E-state index is 0.177. The molecule has 3 aromatic heterocycles. The van der Waals surface area contributed by atoms with E-state index in [0.717, 1.165) is 27.7 Å². The second kappa shape index (κ2) is 5.10. The Morgan fingerprint density at radius 2 is 1.78 bits per heavy atom. The summed E-state index contributed by atoms with van der Waals surface area (Å²) in [6, 6.07) is 12.1. The van der Waals surface area contributed by atoms with Crippen LogP contribution in [0.2, 0.25) is 0 Å². The molecule has 0 unspecified atom stereocenters. The van der Waals surface area contributed by atoms with Gasteiger partial charge in [0.1, 0.15) is 5.82 Å². The van der Waals surface area contributed by atoms with Gasteiger partial charge >= 0.3 is 0 Å². The van der Waals surface area contributed by atoms with Gasteiger partial charge in [-0.15, -0.1) is 0 Å². The monoisotopic (exact) mass is 302 g/mol. The molecule has 0 fully saturated rings. The molecule has 112 valence electrons. The van der Waals surface area contributed by atoms with Crippen molar-refractivity contribution in [3.05, 3.63) is 61.2 Å². The van der Waals surface area contributed by atoms with Crippen LogP contribution in [0.3, 0.4) is 0 Å². The normalized spacial score (nSPS) is 11.0. The third-order valence-corrected chi connectivity index (χ3v) is 3.78. The molecule has 3 heterocycles. The van der Waals surface area contributed by atoms with Crippen LogP contribution >= 0.6 is 0 Å². The highest BCUT2D eigenvalue weighted by atomic mass is 15.0. The van der Waals surface area contributed by atoms with Crippen LogP contribution in [0.25, 0.3) is 27.7 Å². The van der Waals surface area contributed by atoms with Crippen molar-refractivity contribution in [3.63, 3.8) is 0 Å². The van der Waals surface area contributed by atoms with E-state index in [1.165, 1.54) is 0 Å². The van der Waals surface area contributed by atoms with E-state index < -0.39 is 0 Å². The van der Waals surface area contributed by atoms with Gasteiger partial charge in [-0.1, -0.05) is 6.07 Å². The predicted octanol–water partition coefficient (Wildman–Crippen LogP) is 2.65. The Hall–Kier alpha value is -3.41. The van der Waals surface area contributed by atoms with Gasteiger partial charge in [0.05, 0.1) is 5.52 Å². The molecular formula is C17H14N6. The van der Waals surface area contributed by atoms with Gasteiger partial charge in [0.15, 0.2) is 0 Å². The van der Waals surface area contributed by atoms with Crippen molar-refractivity contribution in [1.29, 1.82) is 0 Å². The van der Waals surface area contributed by atoms with Crippen LogP contribution in [0.1, 0.15) is 0 Å². The second-order valence-corrected chi connectivity index (χ2v) is 5.19. The van der Waals surface area contributed by atoms with E-state index in [9.17, 15) is 0 Å². The number of rotatable bonds is 2. The third-order valence-electron chi connectivity index (χ3n) is 3.78. The maximum atomic E-state index is 5.95. The van der Waals surface area contributed by atoms with E-state index in [-0.39, 0.29) is 5.95 Å². The fourth-order valence-corrected chi connectivity index (χ4v) is 2.67. The molecule has 0 aliphatic carbocycles. The minimum Gasteiger partial charge on any atom is -0.383 e. The molecule has 0 aliphatic rings. The lowest BCUT2D eigenvalue weighted by Gasteiger charge is -2.07. The zero-order valence-corrected chi connectivity index (χ0v) is 12.2. The Morgan fingerprint density at radius 1 is 0.957 bits per heavy atom. The summed E-state index contributed by atoms with van der Waals surface area (Å²) in [4.78, 5) is 12.1. The second-order valence-electron chi connectivity index (χ2n) is 5.19. The average molecular weight is 302 g/mol. The van der Waals surface area contributed by atoms with Gasteiger partial charge in [0.25, 0.3) is 0 Å². The molecule has 0 saturated heterocycles. The lowest BCUT2D eigenvalue weighted by molar-refractivity contribution is 1.11. The molecule has 0 aliphatic heterocycles. The number of anilines is 2. The molecule has 0 bridgehead atoms. The number of nitrogen functional groups attached to an aromatic ring is 2. The Balaban J connectivity index is 1.84. The van der Waals surface area contributed by atoms with E-state index in [4.69, 9.17) is 11.5 Å². The molecule has 6 nitrogen and oxygen atoms in total. The quantitative estimate of drug-likeness (QED) is 0.593. The zero-order valence-electron chi connectivity index (χ0n) is 12.2. The highest BCUT2D eigenvalue weighted by Gasteiger charge is 2.09. The van der Waals surface area contributed by atoms with E-state index in [1.807, 2.05) is 24.4 Å². The van der Waals surface area contributed by atoms with Crippen LogP contribution in [0.5, 0.6) is 0 Å². The number of benzene rings is 1. The summed E-state index contributed by atoms with van der Waals surface area (Å²) in [5.74, 6) is 0.557. The lowest BCUT2D eigenvalue weighted by Crippen LogP contribution is -2.01. The van der Waals surface area contributed by atoms with E-state index >= 15 is 0 Å². The first kappa shape index (κ1) is 13.3. The van der Waals surface area contributed by atoms with Crippen molar-refractivity contribution in [1.82, 2.24) is 19.5 Å². The van der Waals surface area contributed by atoms with Crippen molar-refractivity contribution in [2.75, 3.05) is 11.5 Å². The van der Waals surface area contributed by atoms with Gasteiger partial charge in [-0.05, 0) is 35.9 Å². The largest absolute Gasteiger partial charge is 0.383 e. The average Bonchev–Trinajstić information content (AvgIpc) is 2.99. The molecule has 23 heavy (non-hydrogen) atoms. The summed E-state index contributed by atoms with van der Waals surface area (Å²) in [6.45, 7) is 0. The number of hydrogen-bond donors (Lipinski definition) is 2. The Labute approximate surface area is 132 Å². The van der Waals surface area contributed by atoms with Gasteiger partial charge in [-0.2, -0.15) is 4.98 Å². The van der Waals surface area contributed by atoms with Gasteiger partial charge in [0, 0.05) is 41.4 Å². The molecule has 0 radical (unpaired) electrons. The number of nitrogens with zero attached hydrogens (tertiary/aromatic N) is 4. The van der Waals surface area contributed by atoms with E-state index in [2.05, 4.69) is 37.7 Å². The van der Waals surface area contributed by atoms with E-state index in [1.54, 1.807) is 18.6 Å². The van der Waals surface area contributed by atoms with Crippen LogP contribution in [-0.4, -0.2) is 19.5 Å². The summed E-state index contributed by atoms with van der Waals surface area (Å²) in [5, 5.41) is 1.11. The van der Waals surface area contributed by atoms with Gasteiger partial charge in [-0.3, -0.25) is 4.98 Å². The van der Waals surface area contributed by atoms with Crippen molar-refractivity contribution >= 4 is 22.7 Å². The van der Waals surface area contributed by atoms with Crippen LogP contribution in [0, 0.1) is 0 Å². The van der Waals surface area contributed by atoms with Crippen molar-refractivity contribution in [3.8, 4) is 16.8 Å². The fourth-order valence-electron chi connectivity index (χ4n) is 2.67. The topological polar surface area (TPSA) is 95.6 Å². The fraction of sp³-hybridized carbons (Fsp3) is 0. The van der Waals surface area contributed by atoms with Gasteiger partial charge in [0.2, 0.25) is 5.95 Å². The number of aromatic nitrogens is 4. The Bertz CT molecular complexity index is 991. The van der Waals surface area contributed by atoms with Crippen LogP contribution in [-0.2, 0) is 0 Å². The van der Waals surface area contributed by atoms with Crippen molar-refractivity contribution in [2.45, 2.75) is 0 Å². The number of hydrogen-bond acceptors (Lipinski definition) is 5. The zero-order chi connectivity index (χ0) is 15.8. The third kappa shape index (κ3) is 2.26. The molecule has 4 N–H and O–H groups in total. The van der Waals surface area contributed by atoms with Gasteiger partial charge in [-0.25, -0.2) is 4.98 Å². The molecule has 4 rings (SSSR count). The Morgan fingerprint density at radius 3 is 2.57 bits per heavy atom. The first-order valence-electron chi connectivity index (χ1n) is 7.12. The maximum absolute atomic E-state index is 5.95. The standard InChI is InChI=1S/C17H14N6/c18-16-14(10-21-17(19)22-16)11-1-2-15-12(9-11)5-8-23(15)13-3-6-20-7-4-13/h1-10H,(H4,18,19,21,22). The molecule has 1 aromatic carbocycles. The molecular weight excluding hydrogens is 288 g/mol. The van der Waals surface area contributed by atoms with Crippen molar-refractivity contribution < 1.29 is 0 Å². The molecule has 0 spiro atoms. The summed E-state index contributed by atoms with van der Waals surface area (Å²) >= 11 is 0. The minimum atomic E-state index is 0.177. The summed E-state index contributed by atoms with van der Waals surface area (Å²) < 4.78 is 2.11. The van der Waals surface area contributed by atoms with E-state index in [0.29, 0.717) is 5.82 Å². The lowest BCUT2D eigenvalue weighted by atomic mass is 10.1. The molecule has 4 aromatic rings. The number of fused-ring (bicyclic) bond motifs is 1. The highest BCUT2D eigenvalue weighted by molar-refractivity contribution is 5.88. The van der Waals surface area contributed by atoms with Crippen molar-refractivity contribution in [2.24, 2.45) is 0 Å². The first-order chi connectivity index (χ1) is 11.2. The van der Waals surface area contributed by atoms with Gasteiger partial charge < -0.3 is 16.0 Å². The first-order valence-corrected chi connectivity index (χ1v) is 7.12. The number of pyridine rings is 1. The highest BCUT2D eigenvalue weighted by Crippen LogP contribution is 2.29. The maximum Gasteiger partial charge on any atom is 0.221 e. The van der Waals surface area contributed by atoms with Crippen LogP contribution in [0.15, 0.2) is 61.2 Å². The molecule has 0 amide bonds. The van der Waals surface area contributed by atoms with Crippen LogP contribution in [0.4, 0.5) is 11.8 Å². The summed E-state index contributed by atoms with van der Waals surface area (Å²) in [6.07, 6.45) is 7.25. The Kier molecular flexibility index (Phi) is 2.94. The number of nitrogens with two attached hydrogens (primary N) is 2. The smallest absolute Gasteiger partial charge is 0.221 e. The predicted molar refractivity (Wildman–Crippen MR) is 90.9 cm³/mol. The SMILES string of the molecule is Nc1ncc(-c2ccc3c(ccn3-c3ccncc3)c2)c(N)n1. The molecule has 0 saturated carbocycles. The summed E-state index contributed by atoms with van der Waals surface area (Å²) in [5.41, 5.74) is 15.4. The summed E-state index contributed by atoms with van der Waals surface area (Å²) in [7, 11) is 0. The molecule has 6 heteroatoms. The molecule has 0 atom stereocenters. The van der Waals surface area contributed by atoms with Crippen LogP contribution < -0.4 is 11.5 Å².